The van der Waals surface area contributed by atoms with Gasteiger partial charge in [0.15, 0.2) is 0 Å². The van der Waals surface area contributed by atoms with Crippen LogP contribution in [0.15, 0.2) is 42.5 Å². The van der Waals surface area contributed by atoms with E-state index < -0.39 is 4.92 Å². The summed E-state index contributed by atoms with van der Waals surface area (Å²) in [6.45, 7) is 0.492. The van der Waals surface area contributed by atoms with Crippen LogP contribution < -0.4 is 11.1 Å². The molecular formula is C16H14N4O4. The van der Waals surface area contributed by atoms with Crippen LogP contribution in [0.3, 0.4) is 0 Å². The fraction of sp³-hybridized carbons (Fsp3) is 0.125. The summed E-state index contributed by atoms with van der Waals surface area (Å²) in [7, 11) is 0. The highest BCUT2D eigenvalue weighted by Crippen LogP contribution is 2.25. The van der Waals surface area contributed by atoms with Crippen LogP contribution in [0.5, 0.6) is 0 Å². The molecule has 0 aromatic heterocycles. The maximum absolute atomic E-state index is 12.2. The lowest BCUT2D eigenvalue weighted by Gasteiger charge is -2.15. The van der Waals surface area contributed by atoms with Gasteiger partial charge in [-0.2, -0.15) is 0 Å². The van der Waals surface area contributed by atoms with Gasteiger partial charge < -0.3 is 11.1 Å². The Morgan fingerprint density at radius 2 is 1.71 bits per heavy atom. The number of imide groups is 1. The number of anilines is 2. The number of nitrogens with one attached hydrogen (secondary N) is 1. The van der Waals surface area contributed by atoms with Gasteiger partial charge in [-0.1, -0.05) is 12.1 Å². The molecule has 24 heavy (non-hydrogen) atoms. The van der Waals surface area contributed by atoms with Crippen LogP contribution >= 0.6 is 0 Å². The van der Waals surface area contributed by atoms with Crippen molar-refractivity contribution < 1.29 is 14.5 Å². The van der Waals surface area contributed by atoms with Crippen molar-refractivity contribution in [3.05, 3.63) is 63.7 Å². The minimum absolute atomic E-state index is 0.0470. The Morgan fingerprint density at radius 1 is 1.08 bits per heavy atom. The molecule has 2 amide bonds. The van der Waals surface area contributed by atoms with E-state index in [4.69, 9.17) is 5.73 Å². The molecule has 0 spiro atoms. The van der Waals surface area contributed by atoms with Crippen LogP contribution in [-0.2, 0) is 0 Å². The largest absolute Gasteiger partial charge is 0.393 e. The number of nitrogen functional groups attached to an aromatic ring is 1. The smallest absolute Gasteiger partial charge is 0.292 e. The molecule has 0 saturated carbocycles. The van der Waals surface area contributed by atoms with E-state index in [2.05, 4.69) is 5.32 Å². The zero-order valence-corrected chi connectivity index (χ0v) is 12.6. The number of benzene rings is 2. The molecule has 122 valence electrons. The van der Waals surface area contributed by atoms with E-state index in [1.807, 2.05) is 0 Å². The monoisotopic (exact) mass is 326 g/mol. The van der Waals surface area contributed by atoms with Gasteiger partial charge in [-0.3, -0.25) is 24.6 Å². The van der Waals surface area contributed by atoms with Crippen LogP contribution in [-0.4, -0.2) is 34.7 Å². The number of nitro benzene ring substituents is 1. The summed E-state index contributed by atoms with van der Waals surface area (Å²) in [6, 6.07) is 11.0. The van der Waals surface area contributed by atoms with Crippen LogP contribution in [0, 0.1) is 10.1 Å². The number of amides is 2. The van der Waals surface area contributed by atoms with E-state index in [0.29, 0.717) is 23.4 Å². The molecule has 0 fully saturated rings. The van der Waals surface area contributed by atoms with Crippen LogP contribution in [0.25, 0.3) is 0 Å². The first-order chi connectivity index (χ1) is 11.5. The molecule has 8 heteroatoms. The molecule has 3 N–H and O–H groups in total. The predicted octanol–water partition coefficient (Wildman–Crippen LogP) is 1.89. The lowest BCUT2D eigenvalue weighted by Crippen LogP contribution is -2.34. The summed E-state index contributed by atoms with van der Waals surface area (Å²) in [5.41, 5.74) is 6.89. The average molecular weight is 326 g/mol. The number of hydrogen-bond acceptors (Lipinski definition) is 6. The molecular weight excluding hydrogens is 312 g/mol. The summed E-state index contributed by atoms with van der Waals surface area (Å²) >= 11 is 0. The van der Waals surface area contributed by atoms with Crippen molar-refractivity contribution in [3.8, 4) is 0 Å². The zero-order chi connectivity index (χ0) is 17.3. The van der Waals surface area contributed by atoms with Gasteiger partial charge in [0.2, 0.25) is 0 Å². The number of nitro groups is 1. The van der Waals surface area contributed by atoms with Crippen LogP contribution in [0.4, 0.5) is 17.1 Å². The van der Waals surface area contributed by atoms with E-state index in [9.17, 15) is 19.7 Å². The number of hydrogen-bond donors (Lipinski definition) is 2. The summed E-state index contributed by atoms with van der Waals surface area (Å²) < 4.78 is 0. The normalized spacial score (nSPS) is 13.1. The Morgan fingerprint density at radius 3 is 2.25 bits per heavy atom. The number of fused-ring (bicyclic) bond motifs is 1. The van der Waals surface area contributed by atoms with Crippen molar-refractivity contribution in [1.82, 2.24) is 4.90 Å². The molecule has 0 aliphatic carbocycles. The number of carbonyl (C=O) groups is 2. The number of carbonyl (C=O) groups excluding carboxylic acids is 2. The lowest BCUT2D eigenvalue weighted by molar-refractivity contribution is -0.383. The third-order valence-corrected chi connectivity index (χ3v) is 3.77. The van der Waals surface area contributed by atoms with E-state index >= 15 is 0 Å². The molecule has 3 rings (SSSR count). The Labute approximate surface area is 137 Å². The Hall–Kier alpha value is -3.42. The number of nitrogens with zero attached hydrogens (tertiary/aromatic N) is 2. The number of rotatable bonds is 5. The second-order valence-corrected chi connectivity index (χ2v) is 5.27. The SMILES string of the molecule is Nc1cc(NCCN2C(=O)c3ccccc3C2=O)ccc1[N+](=O)[O-]. The van der Waals surface area contributed by atoms with E-state index in [-0.39, 0.29) is 29.7 Å². The molecule has 0 bridgehead atoms. The molecule has 0 saturated heterocycles. The van der Waals surface area contributed by atoms with Crippen molar-refractivity contribution in [3.63, 3.8) is 0 Å². The zero-order valence-electron chi connectivity index (χ0n) is 12.6. The topological polar surface area (TPSA) is 119 Å². The minimum atomic E-state index is -0.558. The molecule has 1 heterocycles. The maximum atomic E-state index is 12.2. The molecule has 1 aliphatic rings. The Bertz CT molecular complexity index is 815. The molecule has 0 unspecified atom stereocenters. The molecule has 8 nitrogen and oxygen atoms in total. The van der Waals surface area contributed by atoms with E-state index in [0.717, 1.165) is 0 Å². The molecule has 0 atom stereocenters. The van der Waals surface area contributed by atoms with Gasteiger partial charge in [-0.15, -0.1) is 0 Å². The fourth-order valence-corrected chi connectivity index (χ4v) is 2.59. The maximum Gasteiger partial charge on any atom is 0.292 e. The minimum Gasteiger partial charge on any atom is -0.393 e. The van der Waals surface area contributed by atoms with Crippen molar-refractivity contribution in [2.24, 2.45) is 0 Å². The first kappa shape index (κ1) is 15.5. The Balaban J connectivity index is 1.64. The van der Waals surface area contributed by atoms with Gasteiger partial charge in [0.05, 0.1) is 16.1 Å². The van der Waals surface area contributed by atoms with Gasteiger partial charge in [-0.25, -0.2) is 0 Å². The molecule has 2 aromatic carbocycles. The predicted molar refractivity (Wildman–Crippen MR) is 87.8 cm³/mol. The highest BCUT2D eigenvalue weighted by molar-refractivity contribution is 6.21. The van der Waals surface area contributed by atoms with E-state index in [1.54, 1.807) is 24.3 Å². The fourth-order valence-electron chi connectivity index (χ4n) is 2.59. The van der Waals surface area contributed by atoms with Crippen molar-refractivity contribution in [2.45, 2.75) is 0 Å². The van der Waals surface area contributed by atoms with Gasteiger partial charge >= 0.3 is 0 Å². The Kier molecular flexibility index (Phi) is 3.87. The van der Waals surface area contributed by atoms with Gasteiger partial charge in [0.25, 0.3) is 17.5 Å². The second kappa shape index (κ2) is 5.99. The van der Waals surface area contributed by atoms with Crippen molar-refractivity contribution in [2.75, 3.05) is 24.1 Å². The standard InChI is InChI=1S/C16H14N4O4/c17-13-9-10(5-6-14(13)20(23)24)18-7-8-19-15(21)11-3-1-2-4-12(11)16(19)22/h1-6,9,18H,7-8,17H2. The average Bonchev–Trinajstić information content (AvgIpc) is 2.80. The second-order valence-electron chi connectivity index (χ2n) is 5.27. The summed E-state index contributed by atoms with van der Waals surface area (Å²) in [5, 5.41) is 13.7. The summed E-state index contributed by atoms with van der Waals surface area (Å²) in [5.74, 6) is -0.638. The van der Waals surface area contributed by atoms with Crippen molar-refractivity contribution >= 4 is 28.9 Å². The molecule has 0 radical (unpaired) electrons. The third-order valence-electron chi connectivity index (χ3n) is 3.77. The molecule has 1 aliphatic heterocycles. The highest BCUT2D eigenvalue weighted by Gasteiger charge is 2.34. The van der Waals surface area contributed by atoms with Crippen molar-refractivity contribution in [1.29, 1.82) is 0 Å². The third kappa shape index (κ3) is 2.65. The van der Waals surface area contributed by atoms with Gasteiger partial charge in [0.1, 0.15) is 5.69 Å². The first-order valence-electron chi connectivity index (χ1n) is 7.22. The van der Waals surface area contributed by atoms with Gasteiger partial charge in [-0.05, 0) is 24.3 Å². The first-order valence-corrected chi connectivity index (χ1v) is 7.22. The highest BCUT2D eigenvalue weighted by atomic mass is 16.6. The van der Waals surface area contributed by atoms with Crippen LogP contribution in [0.2, 0.25) is 0 Å². The van der Waals surface area contributed by atoms with Crippen LogP contribution in [0.1, 0.15) is 20.7 Å². The summed E-state index contributed by atoms with van der Waals surface area (Å²) in [4.78, 5) is 35.8. The summed E-state index contributed by atoms with van der Waals surface area (Å²) in [6.07, 6.45) is 0. The van der Waals surface area contributed by atoms with E-state index in [1.165, 1.54) is 23.1 Å². The molecule has 2 aromatic rings. The number of nitrogens with two attached hydrogens (primary N) is 1. The van der Waals surface area contributed by atoms with Gasteiger partial charge in [0, 0.05) is 24.8 Å². The lowest BCUT2D eigenvalue weighted by atomic mass is 10.1. The quantitative estimate of drug-likeness (QED) is 0.375.